The number of aromatic nitrogens is 2. The van der Waals surface area contributed by atoms with Crippen LogP contribution >= 0.6 is 11.3 Å². The van der Waals surface area contributed by atoms with Crippen LogP contribution in [0.5, 0.6) is 5.75 Å². The highest BCUT2D eigenvalue weighted by Gasteiger charge is 2.33. The zero-order chi connectivity index (χ0) is 26.5. The van der Waals surface area contributed by atoms with Crippen molar-refractivity contribution in [3.63, 3.8) is 0 Å². The van der Waals surface area contributed by atoms with Gasteiger partial charge >= 0.3 is 0 Å². The van der Waals surface area contributed by atoms with Gasteiger partial charge in [-0.05, 0) is 80.1 Å². The summed E-state index contributed by atoms with van der Waals surface area (Å²) in [6, 6.07) is 20.5. The molecule has 1 fully saturated rings. The molecule has 0 unspecified atom stereocenters. The third-order valence-electron chi connectivity index (χ3n) is 7.79. The molecule has 5 aromatic rings. The quantitative estimate of drug-likeness (QED) is 0.201. The Labute approximate surface area is 231 Å². The molecule has 3 heterocycles. The van der Waals surface area contributed by atoms with Crippen molar-refractivity contribution in [1.29, 1.82) is 0 Å². The minimum atomic E-state index is 0.0796. The van der Waals surface area contributed by atoms with Crippen LogP contribution in [0.1, 0.15) is 64.1 Å². The summed E-state index contributed by atoms with van der Waals surface area (Å²) in [6.07, 6.45) is 3.23. The molecule has 0 atom stereocenters. The Morgan fingerprint density at radius 1 is 1.10 bits per heavy atom. The van der Waals surface area contributed by atoms with Gasteiger partial charge in [0.05, 0.1) is 15.8 Å². The number of anilines is 1. The number of aryl methyl sites for hydroxylation is 1. The third kappa shape index (κ3) is 4.61. The molecule has 0 saturated heterocycles. The Balaban J connectivity index is 1.09. The fourth-order valence-electron chi connectivity index (χ4n) is 5.38. The van der Waals surface area contributed by atoms with Gasteiger partial charge in [0.1, 0.15) is 23.8 Å². The molecule has 2 aliphatic rings. The molecule has 39 heavy (non-hydrogen) atoms. The lowest BCUT2D eigenvalue weighted by atomic mass is 9.99. The van der Waals surface area contributed by atoms with Crippen LogP contribution in [0.25, 0.3) is 21.5 Å². The molecule has 2 aromatic heterocycles. The molecule has 0 N–H and O–H groups in total. The van der Waals surface area contributed by atoms with E-state index in [-0.39, 0.29) is 5.78 Å². The number of thiazole rings is 1. The Hall–Kier alpha value is -3.97. The summed E-state index contributed by atoms with van der Waals surface area (Å²) in [5.41, 5.74) is 8.53. The van der Waals surface area contributed by atoms with Gasteiger partial charge in [-0.15, -0.1) is 0 Å². The molecule has 1 aliphatic carbocycles. The fraction of sp³-hybridized carbons (Fsp3) is 0.281. The number of rotatable bonds is 7. The van der Waals surface area contributed by atoms with Crippen molar-refractivity contribution >= 4 is 32.5 Å². The van der Waals surface area contributed by atoms with E-state index in [9.17, 15) is 4.79 Å². The second-order valence-corrected chi connectivity index (χ2v) is 11.6. The van der Waals surface area contributed by atoms with Crippen LogP contribution in [-0.4, -0.2) is 22.5 Å². The van der Waals surface area contributed by atoms with Crippen molar-refractivity contribution in [2.75, 3.05) is 11.4 Å². The zero-order valence-corrected chi connectivity index (χ0v) is 22.9. The van der Waals surface area contributed by atoms with Gasteiger partial charge in [-0.25, -0.2) is 4.98 Å². The minimum Gasteiger partial charge on any atom is -0.489 e. The predicted octanol–water partition coefficient (Wildman–Crippen LogP) is 7.48. The van der Waals surface area contributed by atoms with Gasteiger partial charge in [0, 0.05) is 30.1 Å². The lowest BCUT2D eigenvalue weighted by molar-refractivity contribution is 0.101. The highest BCUT2D eigenvalue weighted by molar-refractivity contribution is 7.22. The molecule has 0 spiro atoms. The Kier molecular flexibility index (Phi) is 5.96. The van der Waals surface area contributed by atoms with Crippen LogP contribution in [0.15, 0.2) is 65.2 Å². The first-order valence-electron chi connectivity index (χ1n) is 13.5. The molecule has 1 saturated carbocycles. The largest absolute Gasteiger partial charge is 0.489 e. The summed E-state index contributed by atoms with van der Waals surface area (Å²) in [7, 11) is 0. The second kappa shape index (κ2) is 9.65. The number of ketones is 1. The van der Waals surface area contributed by atoms with E-state index in [2.05, 4.69) is 47.3 Å². The van der Waals surface area contributed by atoms with Crippen molar-refractivity contribution in [1.82, 2.24) is 10.1 Å². The highest BCUT2D eigenvalue weighted by atomic mass is 32.1. The van der Waals surface area contributed by atoms with E-state index in [1.165, 1.54) is 16.7 Å². The maximum atomic E-state index is 11.8. The van der Waals surface area contributed by atoms with Crippen molar-refractivity contribution in [3.05, 3.63) is 94.2 Å². The molecule has 196 valence electrons. The Morgan fingerprint density at radius 3 is 2.79 bits per heavy atom. The van der Waals surface area contributed by atoms with Crippen molar-refractivity contribution < 1.29 is 14.1 Å². The topological polar surface area (TPSA) is 68.5 Å². The van der Waals surface area contributed by atoms with Gasteiger partial charge in [0.15, 0.2) is 10.9 Å². The van der Waals surface area contributed by atoms with Crippen LogP contribution < -0.4 is 9.64 Å². The summed E-state index contributed by atoms with van der Waals surface area (Å²) in [5.74, 6) is 2.39. The van der Waals surface area contributed by atoms with E-state index in [1.807, 2.05) is 30.3 Å². The monoisotopic (exact) mass is 535 g/mol. The van der Waals surface area contributed by atoms with Crippen molar-refractivity contribution in [2.24, 2.45) is 0 Å². The number of carbonyl (C=O) groups is 1. The number of nitrogens with zero attached hydrogens (tertiary/aromatic N) is 3. The average molecular weight is 536 g/mol. The summed E-state index contributed by atoms with van der Waals surface area (Å²) in [5, 5.41) is 5.48. The standard InChI is InChI=1S/C32H29N3O3S/c1-19-5-3-4-6-26(19)30-27(31(38-34-30)21-7-8-21)18-37-25-11-9-24-17-35(14-13-23(24)15-25)32-33-28-12-10-22(20(2)36)16-29(28)39-32/h3-6,9-12,15-16,21H,7-8,13-14,17-18H2,1-2H3. The van der Waals surface area contributed by atoms with Gasteiger partial charge in [-0.3, -0.25) is 4.79 Å². The highest BCUT2D eigenvalue weighted by Crippen LogP contribution is 2.44. The zero-order valence-electron chi connectivity index (χ0n) is 22.1. The summed E-state index contributed by atoms with van der Waals surface area (Å²) < 4.78 is 13.3. The van der Waals surface area contributed by atoms with E-state index in [0.29, 0.717) is 12.5 Å². The number of hydrogen-bond acceptors (Lipinski definition) is 7. The molecule has 0 amide bonds. The minimum absolute atomic E-state index is 0.0796. The Bertz CT molecular complexity index is 1720. The number of benzene rings is 3. The molecular formula is C32H29N3O3S. The van der Waals surface area contributed by atoms with Gasteiger partial charge in [0.2, 0.25) is 0 Å². The van der Waals surface area contributed by atoms with Gasteiger partial charge in [-0.1, -0.05) is 46.8 Å². The predicted molar refractivity (Wildman–Crippen MR) is 154 cm³/mol. The molecule has 6 nitrogen and oxygen atoms in total. The van der Waals surface area contributed by atoms with E-state index in [0.717, 1.165) is 81.6 Å². The van der Waals surface area contributed by atoms with Crippen LogP contribution in [0.4, 0.5) is 5.13 Å². The number of ether oxygens (including phenoxy) is 1. The number of carbonyl (C=O) groups excluding carboxylic acids is 1. The summed E-state index contributed by atoms with van der Waals surface area (Å²) in [6.45, 7) is 5.85. The van der Waals surface area contributed by atoms with Crippen LogP contribution in [0.3, 0.4) is 0 Å². The molecule has 7 rings (SSSR count). The van der Waals surface area contributed by atoms with Crippen LogP contribution in [0.2, 0.25) is 0 Å². The molecule has 0 bridgehead atoms. The third-order valence-corrected chi connectivity index (χ3v) is 8.87. The molecule has 7 heteroatoms. The molecular weight excluding hydrogens is 506 g/mol. The summed E-state index contributed by atoms with van der Waals surface area (Å²) >= 11 is 1.65. The van der Waals surface area contributed by atoms with Gasteiger partial charge < -0.3 is 14.2 Å². The van der Waals surface area contributed by atoms with Crippen molar-refractivity contribution in [2.45, 2.75) is 52.2 Å². The first kappa shape index (κ1) is 24.1. The van der Waals surface area contributed by atoms with E-state index < -0.39 is 0 Å². The fourth-order valence-corrected chi connectivity index (χ4v) is 6.41. The SMILES string of the molecule is CC(=O)c1ccc2nc(N3CCc4cc(OCc5c(-c6ccccc6C)noc5C5CC5)ccc4C3)sc2c1. The number of hydrogen-bond donors (Lipinski definition) is 0. The average Bonchev–Trinajstić information content (AvgIpc) is 3.56. The van der Waals surface area contributed by atoms with Gasteiger partial charge in [-0.2, -0.15) is 0 Å². The molecule has 3 aromatic carbocycles. The first-order valence-corrected chi connectivity index (χ1v) is 14.3. The molecule has 1 aliphatic heterocycles. The van der Waals surface area contributed by atoms with E-state index >= 15 is 0 Å². The Morgan fingerprint density at radius 2 is 1.97 bits per heavy atom. The van der Waals surface area contributed by atoms with Gasteiger partial charge in [0.25, 0.3) is 0 Å². The summed E-state index contributed by atoms with van der Waals surface area (Å²) in [4.78, 5) is 18.9. The second-order valence-electron chi connectivity index (χ2n) is 10.6. The van der Waals surface area contributed by atoms with Crippen molar-refractivity contribution in [3.8, 4) is 17.0 Å². The maximum Gasteiger partial charge on any atom is 0.186 e. The van der Waals surface area contributed by atoms with E-state index in [1.54, 1.807) is 18.3 Å². The normalized spacial score (nSPS) is 15.0. The first-order chi connectivity index (χ1) is 19.0. The molecule has 0 radical (unpaired) electrons. The smallest absolute Gasteiger partial charge is 0.186 e. The lowest BCUT2D eigenvalue weighted by Crippen LogP contribution is -2.30. The number of Topliss-reactive ketones (excluding diaryl/α,β-unsaturated/α-hetero) is 1. The lowest BCUT2D eigenvalue weighted by Gasteiger charge is -2.28. The number of fused-ring (bicyclic) bond motifs is 2. The van der Waals surface area contributed by atoms with Crippen LogP contribution in [-0.2, 0) is 19.6 Å². The van der Waals surface area contributed by atoms with Crippen LogP contribution in [0, 0.1) is 6.92 Å². The van der Waals surface area contributed by atoms with E-state index in [4.69, 9.17) is 14.2 Å². The maximum absolute atomic E-state index is 11.8.